The predicted octanol–water partition coefficient (Wildman–Crippen LogP) is 3.51. The van der Waals surface area contributed by atoms with Crippen molar-refractivity contribution in [1.29, 1.82) is 0 Å². The lowest BCUT2D eigenvalue weighted by molar-refractivity contribution is 0.110. The van der Waals surface area contributed by atoms with E-state index < -0.39 is 0 Å². The van der Waals surface area contributed by atoms with Gasteiger partial charge in [-0.2, -0.15) is 0 Å². The van der Waals surface area contributed by atoms with Crippen molar-refractivity contribution in [2.24, 2.45) is 0 Å². The summed E-state index contributed by atoms with van der Waals surface area (Å²) in [5, 5.41) is 3.45. The Hall–Kier alpha value is -0.780. The van der Waals surface area contributed by atoms with Gasteiger partial charge in [0, 0.05) is 29.7 Å². The van der Waals surface area contributed by atoms with E-state index in [1.807, 2.05) is 19.9 Å². The van der Waals surface area contributed by atoms with E-state index in [0.717, 1.165) is 47.7 Å². The average molecular weight is 358 g/mol. The summed E-state index contributed by atoms with van der Waals surface area (Å²) in [6.07, 6.45) is 2.76. The Morgan fingerprint density at radius 2 is 2.24 bits per heavy atom. The standard InChI is InChI=1S/C16H24BrNO3/c1-11(2)21-16-12(7-13(17)8-15(16)19-3)9-18-10-14-5-4-6-20-14/h7-8,11,14,18H,4-6,9-10H2,1-3H3. The molecule has 1 aromatic rings. The lowest BCUT2D eigenvalue weighted by Gasteiger charge is -2.19. The van der Waals surface area contributed by atoms with E-state index in [4.69, 9.17) is 14.2 Å². The second kappa shape index (κ2) is 8.01. The monoisotopic (exact) mass is 357 g/mol. The molecule has 0 aliphatic carbocycles. The molecule has 1 aliphatic heterocycles. The zero-order valence-electron chi connectivity index (χ0n) is 12.9. The Balaban J connectivity index is 2.06. The number of methoxy groups -OCH3 is 1. The van der Waals surface area contributed by atoms with Crippen molar-refractivity contribution in [2.75, 3.05) is 20.3 Å². The fourth-order valence-electron chi connectivity index (χ4n) is 2.45. The zero-order chi connectivity index (χ0) is 15.2. The normalized spacial score (nSPS) is 18.2. The molecule has 5 heteroatoms. The van der Waals surface area contributed by atoms with E-state index in [-0.39, 0.29) is 6.10 Å². The minimum Gasteiger partial charge on any atom is -0.493 e. The smallest absolute Gasteiger partial charge is 0.166 e. The van der Waals surface area contributed by atoms with Gasteiger partial charge in [-0.05, 0) is 38.8 Å². The lowest BCUT2D eigenvalue weighted by Crippen LogP contribution is -2.26. The minimum atomic E-state index is 0.108. The maximum atomic E-state index is 5.93. The van der Waals surface area contributed by atoms with Crippen LogP contribution in [-0.2, 0) is 11.3 Å². The van der Waals surface area contributed by atoms with E-state index in [1.54, 1.807) is 7.11 Å². The van der Waals surface area contributed by atoms with Crippen LogP contribution in [0.15, 0.2) is 16.6 Å². The van der Waals surface area contributed by atoms with Crippen LogP contribution in [0.1, 0.15) is 32.3 Å². The summed E-state index contributed by atoms with van der Waals surface area (Å²) in [5.41, 5.74) is 1.09. The highest BCUT2D eigenvalue weighted by atomic mass is 79.9. The molecule has 0 radical (unpaired) electrons. The van der Waals surface area contributed by atoms with Gasteiger partial charge in [-0.1, -0.05) is 15.9 Å². The van der Waals surface area contributed by atoms with E-state index in [2.05, 4.69) is 27.3 Å². The van der Waals surface area contributed by atoms with Gasteiger partial charge in [0.25, 0.3) is 0 Å². The molecule has 1 N–H and O–H groups in total. The highest BCUT2D eigenvalue weighted by molar-refractivity contribution is 9.10. The van der Waals surface area contributed by atoms with Gasteiger partial charge < -0.3 is 19.5 Å². The van der Waals surface area contributed by atoms with Gasteiger partial charge in [0.1, 0.15) is 0 Å². The molecule has 1 aliphatic rings. The summed E-state index contributed by atoms with van der Waals surface area (Å²) in [5.74, 6) is 1.57. The highest BCUT2D eigenvalue weighted by Crippen LogP contribution is 2.35. The molecule has 0 spiro atoms. The van der Waals surface area contributed by atoms with Gasteiger partial charge in [0.2, 0.25) is 0 Å². The number of rotatable bonds is 7. The van der Waals surface area contributed by atoms with Gasteiger partial charge in [-0.25, -0.2) is 0 Å². The fourth-order valence-corrected chi connectivity index (χ4v) is 2.93. The molecule has 4 nitrogen and oxygen atoms in total. The first kappa shape index (κ1) is 16.6. The molecule has 1 fully saturated rings. The second-order valence-electron chi connectivity index (χ2n) is 5.53. The van der Waals surface area contributed by atoms with Crippen molar-refractivity contribution in [3.63, 3.8) is 0 Å². The largest absolute Gasteiger partial charge is 0.493 e. The molecule has 1 atom stereocenters. The Labute approximate surface area is 135 Å². The summed E-state index contributed by atoms with van der Waals surface area (Å²) < 4.78 is 18.0. The molecule has 1 saturated heterocycles. The van der Waals surface area contributed by atoms with Crippen LogP contribution in [0.2, 0.25) is 0 Å². The first-order valence-corrected chi connectivity index (χ1v) is 8.25. The topological polar surface area (TPSA) is 39.7 Å². The third kappa shape index (κ3) is 4.87. The van der Waals surface area contributed by atoms with Crippen LogP contribution < -0.4 is 14.8 Å². The van der Waals surface area contributed by atoms with Crippen molar-refractivity contribution in [3.8, 4) is 11.5 Å². The summed E-state index contributed by atoms with van der Waals surface area (Å²) in [6, 6.07) is 4.00. The van der Waals surface area contributed by atoms with Crippen LogP contribution in [-0.4, -0.2) is 32.5 Å². The quantitative estimate of drug-likeness (QED) is 0.810. The van der Waals surface area contributed by atoms with Gasteiger partial charge in [-0.15, -0.1) is 0 Å². The molecule has 0 amide bonds. The predicted molar refractivity (Wildman–Crippen MR) is 87.1 cm³/mol. The molecule has 2 rings (SSSR count). The summed E-state index contributed by atoms with van der Waals surface area (Å²) in [6.45, 7) is 6.53. The van der Waals surface area contributed by atoms with E-state index >= 15 is 0 Å². The third-order valence-electron chi connectivity index (χ3n) is 3.38. The average Bonchev–Trinajstić information content (AvgIpc) is 2.94. The van der Waals surface area contributed by atoms with E-state index in [9.17, 15) is 0 Å². The SMILES string of the molecule is COc1cc(Br)cc(CNCC2CCCO2)c1OC(C)C. The van der Waals surface area contributed by atoms with Gasteiger partial charge in [0.15, 0.2) is 11.5 Å². The third-order valence-corrected chi connectivity index (χ3v) is 3.84. The van der Waals surface area contributed by atoms with Crippen LogP contribution >= 0.6 is 15.9 Å². The molecule has 1 unspecified atom stereocenters. The summed E-state index contributed by atoms with van der Waals surface area (Å²) >= 11 is 3.52. The zero-order valence-corrected chi connectivity index (χ0v) is 14.5. The van der Waals surface area contributed by atoms with Crippen molar-refractivity contribution in [3.05, 3.63) is 22.2 Å². The Morgan fingerprint density at radius 1 is 1.43 bits per heavy atom. The van der Waals surface area contributed by atoms with Crippen molar-refractivity contribution < 1.29 is 14.2 Å². The van der Waals surface area contributed by atoms with Crippen LogP contribution in [0.5, 0.6) is 11.5 Å². The maximum absolute atomic E-state index is 5.93. The molecule has 1 heterocycles. The number of hydrogen-bond acceptors (Lipinski definition) is 4. The van der Waals surface area contributed by atoms with Crippen molar-refractivity contribution in [1.82, 2.24) is 5.32 Å². The molecule has 21 heavy (non-hydrogen) atoms. The van der Waals surface area contributed by atoms with Crippen molar-refractivity contribution >= 4 is 15.9 Å². The molecule has 0 aromatic heterocycles. The molecule has 118 valence electrons. The molecular weight excluding hydrogens is 334 g/mol. The molecule has 1 aromatic carbocycles. The number of benzene rings is 1. The maximum Gasteiger partial charge on any atom is 0.166 e. The minimum absolute atomic E-state index is 0.108. The number of halogens is 1. The van der Waals surface area contributed by atoms with Crippen LogP contribution in [0.3, 0.4) is 0 Å². The van der Waals surface area contributed by atoms with Gasteiger partial charge in [0.05, 0.1) is 19.3 Å². The number of nitrogens with one attached hydrogen (secondary N) is 1. The Bertz CT molecular complexity index is 459. The lowest BCUT2D eigenvalue weighted by atomic mass is 10.1. The highest BCUT2D eigenvalue weighted by Gasteiger charge is 2.17. The van der Waals surface area contributed by atoms with Gasteiger partial charge in [-0.3, -0.25) is 0 Å². The van der Waals surface area contributed by atoms with Crippen LogP contribution in [0.25, 0.3) is 0 Å². The first-order chi connectivity index (χ1) is 10.1. The summed E-state index contributed by atoms with van der Waals surface area (Å²) in [4.78, 5) is 0. The van der Waals surface area contributed by atoms with E-state index in [0.29, 0.717) is 6.10 Å². The second-order valence-corrected chi connectivity index (χ2v) is 6.44. The molecular formula is C16H24BrNO3. The first-order valence-electron chi connectivity index (χ1n) is 7.45. The molecule has 0 bridgehead atoms. The van der Waals surface area contributed by atoms with Gasteiger partial charge >= 0.3 is 0 Å². The van der Waals surface area contributed by atoms with Crippen molar-refractivity contribution in [2.45, 2.75) is 45.4 Å². The van der Waals surface area contributed by atoms with Crippen LogP contribution in [0.4, 0.5) is 0 Å². The van der Waals surface area contributed by atoms with Crippen LogP contribution in [0, 0.1) is 0 Å². The molecule has 0 saturated carbocycles. The Kier molecular flexibility index (Phi) is 6.33. The fraction of sp³-hybridized carbons (Fsp3) is 0.625. The number of hydrogen-bond donors (Lipinski definition) is 1. The summed E-state index contributed by atoms with van der Waals surface area (Å²) in [7, 11) is 1.67. The Morgan fingerprint density at radius 3 is 2.86 bits per heavy atom. The van der Waals surface area contributed by atoms with E-state index in [1.165, 1.54) is 6.42 Å². The number of ether oxygens (including phenoxy) is 3.